The number of hydrogen-bond donors (Lipinski definition) is 0. The van der Waals surface area contributed by atoms with E-state index in [1.807, 2.05) is 13.0 Å². The molecule has 0 bridgehead atoms. The molecule has 0 heterocycles. The quantitative estimate of drug-likeness (QED) is 0.474. The third kappa shape index (κ3) is 6.17. The average Bonchev–Trinajstić information content (AvgIpc) is 2.51. The van der Waals surface area contributed by atoms with Gasteiger partial charge >= 0.3 is 5.97 Å². The molecule has 0 radical (unpaired) electrons. The molecule has 0 saturated heterocycles. The Morgan fingerprint density at radius 2 is 1.95 bits per heavy atom. The summed E-state index contributed by atoms with van der Waals surface area (Å²) in [5, 5.41) is 0. The van der Waals surface area contributed by atoms with Crippen molar-refractivity contribution in [2.75, 3.05) is 13.2 Å². The Labute approximate surface area is 127 Å². The predicted molar refractivity (Wildman–Crippen MR) is 82.3 cm³/mol. The van der Waals surface area contributed by atoms with Crippen molar-refractivity contribution in [1.29, 1.82) is 0 Å². The molecular formula is C17H26O4. The summed E-state index contributed by atoms with van der Waals surface area (Å²) in [4.78, 5) is 22.0. The number of unbranched alkanes of at least 4 members (excludes halogenated alkanes) is 1. The fourth-order valence-corrected chi connectivity index (χ4v) is 2.04. The molecule has 0 aliphatic heterocycles. The largest absolute Gasteiger partial charge is 0.493 e. The van der Waals surface area contributed by atoms with Crippen LogP contribution in [-0.4, -0.2) is 19.2 Å². The van der Waals surface area contributed by atoms with Gasteiger partial charge in [0.25, 0.3) is 0 Å². The zero-order chi connectivity index (χ0) is 15.5. The molecule has 1 atom stereocenters. The lowest BCUT2D eigenvalue weighted by atomic mass is 10.0. The molecular weight excluding hydrogens is 268 g/mol. The minimum absolute atomic E-state index is 0.390. The topological polar surface area (TPSA) is 44.8 Å². The van der Waals surface area contributed by atoms with Gasteiger partial charge < -0.3 is 4.74 Å². The van der Waals surface area contributed by atoms with E-state index < -0.39 is 5.97 Å². The Hall–Kier alpha value is -1.55. The molecule has 1 aromatic rings. The molecule has 0 aliphatic rings. The van der Waals surface area contributed by atoms with E-state index in [4.69, 9.17) is 14.5 Å². The van der Waals surface area contributed by atoms with Crippen molar-refractivity contribution in [2.45, 2.75) is 46.5 Å². The van der Waals surface area contributed by atoms with Crippen molar-refractivity contribution in [2.24, 2.45) is 5.92 Å². The first-order valence-corrected chi connectivity index (χ1v) is 7.78. The number of ether oxygens (including phenoxy) is 1. The van der Waals surface area contributed by atoms with Gasteiger partial charge in [-0.15, -0.1) is 0 Å². The van der Waals surface area contributed by atoms with E-state index in [-0.39, 0.29) is 0 Å². The second kappa shape index (κ2) is 10.2. The van der Waals surface area contributed by atoms with Crippen LogP contribution in [0.2, 0.25) is 0 Å². The SMILES string of the molecule is CCCCC(CC)COOC(=O)c1ccccc1OCC. The monoisotopic (exact) mass is 294 g/mol. The third-order valence-corrected chi connectivity index (χ3v) is 3.39. The van der Waals surface area contributed by atoms with E-state index in [0.29, 0.717) is 30.4 Å². The molecule has 118 valence electrons. The van der Waals surface area contributed by atoms with Gasteiger partial charge in [-0.05, 0) is 31.4 Å². The van der Waals surface area contributed by atoms with Crippen LogP contribution in [0.4, 0.5) is 0 Å². The van der Waals surface area contributed by atoms with E-state index >= 15 is 0 Å². The zero-order valence-electron chi connectivity index (χ0n) is 13.3. The Kier molecular flexibility index (Phi) is 8.51. The average molecular weight is 294 g/mol. The molecule has 0 fully saturated rings. The second-order valence-electron chi connectivity index (χ2n) is 5.00. The van der Waals surface area contributed by atoms with Crippen molar-refractivity contribution in [3.8, 4) is 5.75 Å². The van der Waals surface area contributed by atoms with Gasteiger partial charge in [-0.25, -0.2) is 4.79 Å². The summed E-state index contributed by atoms with van der Waals surface area (Å²) in [5.74, 6) is 0.441. The number of carbonyl (C=O) groups excluding carboxylic acids is 1. The third-order valence-electron chi connectivity index (χ3n) is 3.39. The maximum Gasteiger partial charge on any atom is 0.376 e. The molecule has 0 aliphatic carbocycles. The van der Waals surface area contributed by atoms with Crippen LogP contribution < -0.4 is 4.74 Å². The van der Waals surface area contributed by atoms with Crippen molar-refractivity contribution >= 4 is 5.97 Å². The van der Waals surface area contributed by atoms with Gasteiger partial charge in [0, 0.05) is 0 Å². The maximum atomic E-state index is 12.0. The molecule has 0 N–H and O–H groups in total. The molecule has 4 heteroatoms. The van der Waals surface area contributed by atoms with Gasteiger partial charge in [-0.1, -0.05) is 45.2 Å². The molecule has 0 amide bonds. The maximum absolute atomic E-state index is 12.0. The first kappa shape index (κ1) is 17.5. The van der Waals surface area contributed by atoms with Gasteiger partial charge in [0.2, 0.25) is 0 Å². The lowest BCUT2D eigenvalue weighted by Gasteiger charge is -2.14. The molecule has 1 aromatic carbocycles. The van der Waals surface area contributed by atoms with Crippen molar-refractivity contribution in [3.63, 3.8) is 0 Å². The number of hydrogen-bond acceptors (Lipinski definition) is 4. The van der Waals surface area contributed by atoms with E-state index in [2.05, 4.69) is 13.8 Å². The second-order valence-corrected chi connectivity index (χ2v) is 5.00. The van der Waals surface area contributed by atoms with Gasteiger partial charge in [0.05, 0.1) is 13.2 Å². The van der Waals surface area contributed by atoms with Crippen LogP contribution in [0.3, 0.4) is 0 Å². The summed E-state index contributed by atoms with van der Waals surface area (Å²) in [7, 11) is 0. The molecule has 1 rings (SSSR count). The van der Waals surface area contributed by atoms with Gasteiger partial charge in [-0.2, -0.15) is 4.89 Å². The van der Waals surface area contributed by atoms with E-state index in [1.165, 1.54) is 6.42 Å². The lowest BCUT2D eigenvalue weighted by molar-refractivity contribution is -0.249. The minimum atomic E-state index is -0.510. The molecule has 0 spiro atoms. The summed E-state index contributed by atoms with van der Waals surface area (Å²) in [6.07, 6.45) is 4.45. The van der Waals surface area contributed by atoms with Crippen LogP contribution in [0, 0.1) is 5.92 Å². The van der Waals surface area contributed by atoms with Crippen LogP contribution >= 0.6 is 0 Å². The summed E-state index contributed by atoms with van der Waals surface area (Å²) < 4.78 is 5.40. The van der Waals surface area contributed by atoms with Crippen molar-refractivity contribution < 1.29 is 19.3 Å². The predicted octanol–water partition coefficient (Wildman–Crippen LogP) is 4.39. The van der Waals surface area contributed by atoms with E-state index in [9.17, 15) is 4.79 Å². The van der Waals surface area contributed by atoms with Crippen LogP contribution in [0.1, 0.15) is 56.8 Å². The summed E-state index contributed by atoms with van der Waals surface area (Å²) in [6.45, 7) is 7.10. The molecule has 0 aromatic heterocycles. The molecule has 1 unspecified atom stereocenters. The van der Waals surface area contributed by atoms with E-state index in [0.717, 1.165) is 19.3 Å². The van der Waals surface area contributed by atoms with Crippen LogP contribution in [0.15, 0.2) is 24.3 Å². The van der Waals surface area contributed by atoms with Crippen molar-refractivity contribution in [1.82, 2.24) is 0 Å². The minimum Gasteiger partial charge on any atom is -0.493 e. The highest BCUT2D eigenvalue weighted by Crippen LogP contribution is 2.19. The molecule has 4 nitrogen and oxygen atoms in total. The summed E-state index contributed by atoms with van der Waals surface area (Å²) in [5.41, 5.74) is 0.390. The highest BCUT2D eigenvalue weighted by molar-refractivity contribution is 5.92. The fourth-order valence-electron chi connectivity index (χ4n) is 2.04. The first-order chi connectivity index (χ1) is 10.2. The Bertz CT molecular complexity index is 417. The lowest BCUT2D eigenvalue weighted by Crippen LogP contribution is -2.14. The van der Waals surface area contributed by atoms with Crippen LogP contribution in [0.25, 0.3) is 0 Å². The number of rotatable bonds is 10. The van der Waals surface area contributed by atoms with Gasteiger partial charge in [0.1, 0.15) is 11.3 Å². The zero-order valence-corrected chi connectivity index (χ0v) is 13.3. The highest BCUT2D eigenvalue weighted by atomic mass is 17.2. The summed E-state index contributed by atoms with van der Waals surface area (Å²) in [6, 6.07) is 7.01. The summed E-state index contributed by atoms with van der Waals surface area (Å²) >= 11 is 0. The number of benzene rings is 1. The standard InChI is InChI=1S/C17H26O4/c1-4-7-10-14(5-2)13-20-21-17(18)15-11-8-9-12-16(15)19-6-3/h8-9,11-12,14H,4-7,10,13H2,1-3H3. The van der Waals surface area contributed by atoms with Crippen LogP contribution in [-0.2, 0) is 9.78 Å². The van der Waals surface area contributed by atoms with Crippen molar-refractivity contribution in [3.05, 3.63) is 29.8 Å². The van der Waals surface area contributed by atoms with Crippen LogP contribution in [0.5, 0.6) is 5.75 Å². The highest BCUT2D eigenvalue weighted by Gasteiger charge is 2.15. The first-order valence-electron chi connectivity index (χ1n) is 7.78. The Morgan fingerprint density at radius 1 is 1.19 bits per heavy atom. The van der Waals surface area contributed by atoms with Gasteiger partial charge in [0.15, 0.2) is 0 Å². The number of carbonyl (C=O) groups is 1. The molecule has 0 saturated carbocycles. The fraction of sp³-hybridized carbons (Fsp3) is 0.588. The Balaban J connectivity index is 2.46. The molecule has 21 heavy (non-hydrogen) atoms. The normalized spacial score (nSPS) is 12.0. The Morgan fingerprint density at radius 3 is 2.62 bits per heavy atom. The van der Waals surface area contributed by atoms with Gasteiger partial charge in [-0.3, -0.25) is 4.89 Å². The smallest absolute Gasteiger partial charge is 0.376 e. The van der Waals surface area contributed by atoms with E-state index in [1.54, 1.807) is 18.2 Å². The number of para-hydroxylation sites is 1.